The molecular formula is C15H12INO4. The Bertz CT molecular complexity index is 700. The minimum atomic E-state index is -0.436. The number of hydrogen-bond acceptors (Lipinski definition) is 4. The van der Waals surface area contributed by atoms with Crippen molar-refractivity contribution in [2.75, 3.05) is 0 Å². The van der Waals surface area contributed by atoms with Crippen molar-refractivity contribution in [1.29, 1.82) is 0 Å². The van der Waals surface area contributed by atoms with Gasteiger partial charge in [0.15, 0.2) is 5.78 Å². The highest BCUT2D eigenvalue weighted by atomic mass is 127. The first kappa shape index (κ1) is 15.4. The highest BCUT2D eigenvalue weighted by Crippen LogP contribution is 2.22. The summed E-state index contributed by atoms with van der Waals surface area (Å²) in [5.74, 6) is 0.626. The van der Waals surface area contributed by atoms with Gasteiger partial charge in [-0.05, 0) is 53.3 Å². The van der Waals surface area contributed by atoms with Crippen molar-refractivity contribution in [3.63, 3.8) is 0 Å². The molecule has 0 saturated carbocycles. The molecule has 2 aromatic rings. The minimum absolute atomic E-state index is 0.00429. The number of carbonyl (C=O) groups excluding carboxylic acids is 1. The van der Waals surface area contributed by atoms with Crippen LogP contribution in [0.15, 0.2) is 42.5 Å². The molecule has 0 saturated heterocycles. The van der Waals surface area contributed by atoms with Crippen LogP contribution in [0.3, 0.4) is 0 Å². The third-order valence-corrected chi connectivity index (χ3v) is 3.74. The number of non-ortho nitro benzene ring substituents is 1. The lowest BCUT2D eigenvalue weighted by molar-refractivity contribution is -0.384. The number of nitrogens with zero attached hydrogens (tertiary/aromatic N) is 1. The zero-order valence-corrected chi connectivity index (χ0v) is 13.4. The Kier molecular flexibility index (Phi) is 4.89. The number of rotatable bonds is 5. The lowest BCUT2D eigenvalue weighted by atomic mass is 10.1. The summed E-state index contributed by atoms with van der Waals surface area (Å²) in [4.78, 5) is 21.6. The van der Waals surface area contributed by atoms with Gasteiger partial charge in [0.1, 0.15) is 12.4 Å². The first-order chi connectivity index (χ1) is 9.97. The largest absolute Gasteiger partial charge is 0.489 e. The number of benzene rings is 2. The molecule has 0 aromatic heterocycles. The highest BCUT2D eigenvalue weighted by molar-refractivity contribution is 14.1. The molecule has 0 amide bonds. The molecule has 0 aliphatic heterocycles. The first-order valence-electron chi connectivity index (χ1n) is 6.14. The van der Waals surface area contributed by atoms with E-state index in [-0.39, 0.29) is 18.1 Å². The monoisotopic (exact) mass is 397 g/mol. The fourth-order valence-corrected chi connectivity index (χ4v) is 2.66. The van der Waals surface area contributed by atoms with Gasteiger partial charge in [0, 0.05) is 21.3 Å². The number of nitro benzene ring substituents is 1. The molecule has 0 heterocycles. The molecule has 0 aliphatic carbocycles. The van der Waals surface area contributed by atoms with Gasteiger partial charge in [0.05, 0.1) is 4.92 Å². The number of Topliss-reactive ketones (excluding diaryl/α,β-unsaturated/α-hetero) is 1. The molecule has 2 rings (SSSR count). The normalized spacial score (nSPS) is 10.2. The van der Waals surface area contributed by atoms with E-state index in [1.54, 1.807) is 30.3 Å². The molecule has 0 spiro atoms. The summed E-state index contributed by atoms with van der Waals surface area (Å²) in [5.41, 5.74) is 1.41. The summed E-state index contributed by atoms with van der Waals surface area (Å²) in [6.45, 7) is 1.75. The Balaban J connectivity index is 2.10. The van der Waals surface area contributed by atoms with E-state index in [1.807, 2.05) is 0 Å². The Morgan fingerprint density at radius 1 is 1.29 bits per heavy atom. The fraction of sp³-hybridized carbons (Fsp3) is 0.133. The maximum Gasteiger partial charge on any atom is 0.269 e. The molecule has 108 valence electrons. The second-order valence-electron chi connectivity index (χ2n) is 4.41. The molecular weight excluding hydrogens is 385 g/mol. The van der Waals surface area contributed by atoms with E-state index in [0.29, 0.717) is 11.3 Å². The van der Waals surface area contributed by atoms with Gasteiger partial charge in [-0.25, -0.2) is 0 Å². The number of hydrogen-bond donors (Lipinski definition) is 0. The van der Waals surface area contributed by atoms with Crippen molar-refractivity contribution in [2.24, 2.45) is 0 Å². The SMILES string of the molecule is CC(=O)c1ccc(OCc2cccc([N+](=O)[O-])c2)cc1I. The Morgan fingerprint density at radius 2 is 2.05 bits per heavy atom. The third kappa shape index (κ3) is 4.01. The van der Waals surface area contributed by atoms with Crippen molar-refractivity contribution < 1.29 is 14.5 Å². The maximum atomic E-state index is 11.3. The number of nitro groups is 1. The van der Waals surface area contributed by atoms with Crippen LogP contribution in [0.4, 0.5) is 5.69 Å². The van der Waals surface area contributed by atoms with Gasteiger partial charge < -0.3 is 4.74 Å². The molecule has 21 heavy (non-hydrogen) atoms. The minimum Gasteiger partial charge on any atom is -0.489 e. The Morgan fingerprint density at radius 3 is 2.67 bits per heavy atom. The Hall–Kier alpha value is -1.96. The zero-order chi connectivity index (χ0) is 15.4. The first-order valence-corrected chi connectivity index (χ1v) is 7.22. The number of halogens is 1. The van der Waals surface area contributed by atoms with E-state index in [4.69, 9.17) is 4.74 Å². The summed E-state index contributed by atoms with van der Waals surface area (Å²) in [6.07, 6.45) is 0. The van der Waals surface area contributed by atoms with Crippen LogP contribution in [0.1, 0.15) is 22.8 Å². The van der Waals surface area contributed by atoms with Crippen LogP contribution in [0, 0.1) is 13.7 Å². The van der Waals surface area contributed by atoms with Gasteiger partial charge >= 0.3 is 0 Å². The van der Waals surface area contributed by atoms with Crippen LogP contribution in [-0.4, -0.2) is 10.7 Å². The Labute approximate surface area is 135 Å². The van der Waals surface area contributed by atoms with Crippen LogP contribution >= 0.6 is 22.6 Å². The van der Waals surface area contributed by atoms with Crippen LogP contribution in [0.2, 0.25) is 0 Å². The van der Waals surface area contributed by atoms with E-state index in [1.165, 1.54) is 19.1 Å². The standard InChI is InChI=1S/C15H12INO4/c1-10(18)14-6-5-13(8-15(14)16)21-9-11-3-2-4-12(7-11)17(19)20/h2-8H,9H2,1H3. The summed E-state index contributed by atoms with van der Waals surface area (Å²) in [7, 11) is 0. The quantitative estimate of drug-likeness (QED) is 0.331. The molecule has 5 nitrogen and oxygen atoms in total. The van der Waals surface area contributed by atoms with Crippen molar-refractivity contribution in [2.45, 2.75) is 13.5 Å². The van der Waals surface area contributed by atoms with E-state index >= 15 is 0 Å². The summed E-state index contributed by atoms with van der Waals surface area (Å²) in [5, 5.41) is 10.7. The molecule has 0 radical (unpaired) electrons. The van der Waals surface area contributed by atoms with Gasteiger partial charge in [-0.1, -0.05) is 12.1 Å². The summed E-state index contributed by atoms with van der Waals surface area (Å²) < 4.78 is 6.42. The van der Waals surface area contributed by atoms with E-state index < -0.39 is 4.92 Å². The maximum absolute atomic E-state index is 11.3. The van der Waals surface area contributed by atoms with Crippen molar-refractivity contribution in [1.82, 2.24) is 0 Å². The second kappa shape index (κ2) is 6.66. The predicted molar refractivity (Wildman–Crippen MR) is 86.6 cm³/mol. The summed E-state index contributed by atoms with van der Waals surface area (Å²) in [6, 6.07) is 11.5. The van der Waals surface area contributed by atoms with Crippen molar-refractivity contribution >= 4 is 34.1 Å². The van der Waals surface area contributed by atoms with Gasteiger partial charge in [0.2, 0.25) is 0 Å². The molecule has 0 N–H and O–H groups in total. The van der Waals surface area contributed by atoms with Crippen LogP contribution < -0.4 is 4.74 Å². The second-order valence-corrected chi connectivity index (χ2v) is 5.58. The molecule has 0 fully saturated rings. The lowest BCUT2D eigenvalue weighted by Crippen LogP contribution is -1.99. The fourth-order valence-electron chi connectivity index (χ4n) is 1.80. The van der Waals surface area contributed by atoms with Gasteiger partial charge in [-0.15, -0.1) is 0 Å². The number of ketones is 1. The van der Waals surface area contributed by atoms with Gasteiger partial charge in [-0.3, -0.25) is 14.9 Å². The van der Waals surface area contributed by atoms with Crippen LogP contribution in [-0.2, 0) is 6.61 Å². The molecule has 0 bridgehead atoms. The van der Waals surface area contributed by atoms with E-state index in [0.717, 1.165) is 9.13 Å². The number of carbonyl (C=O) groups is 1. The third-order valence-electron chi connectivity index (χ3n) is 2.85. The molecule has 0 aliphatic rings. The smallest absolute Gasteiger partial charge is 0.269 e. The van der Waals surface area contributed by atoms with Gasteiger partial charge in [0.25, 0.3) is 5.69 Å². The number of ether oxygens (including phenoxy) is 1. The summed E-state index contributed by atoms with van der Waals surface area (Å²) >= 11 is 2.08. The van der Waals surface area contributed by atoms with Crippen molar-refractivity contribution in [3.05, 3.63) is 67.3 Å². The van der Waals surface area contributed by atoms with Crippen LogP contribution in [0.25, 0.3) is 0 Å². The highest BCUT2D eigenvalue weighted by Gasteiger charge is 2.08. The molecule has 6 heteroatoms. The van der Waals surface area contributed by atoms with E-state index in [2.05, 4.69) is 22.6 Å². The van der Waals surface area contributed by atoms with E-state index in [9.17, 15) is 14.9 Å². The zero-order valence-electron chi connectivity index (χ0n) is 11.2. The lowest BCUT2D eigenvalue weighted by Gasteiger charge is -2.08. The predicted octanol–water partition coefficient (Wildman–Crippen LogP) is 3.98. The molecule has 0 unspecified atom stereocenters. The van der Waals surface area contributed by atoms with Gasteiger partial charge in [-0.2, -0.15) is 0 Å². The molecule has 0 atom stereocenters. The average Bonchev–Trinajstić information content (AvgIpc) is 2.45. The average molecular weight is 397 g/mol. The topological polar surface area (TPSA) is 69.4 Å². The van der Waals surface area contributed by atoms with Crippen LogP contribution in [0.5, 0.6) is 5.75 Å². The van der Waals surface area contributed by atoms with Crippen molar-refractivity contribution in [3.8, 4) is 5.75 Å². The molecule has 2 aromatic carbocycles.